The van der Waals surface area contributed by atoms with Gasteiger partial charge in [-0.1, -0.05) is 39.7 Å². The van der Waals surface area contributed by atoms with Crippen molar-refractivity contribution >= 4 is 33.2 Å². The van der Waals surface area contributed by atoms with E-state index >= 15 is 0 Å². The Hall–Kier alpha value is -1.33. The summed E-state index contributed by atoms with van der Waals surface area (Å²) in [6, 6.07) is 8.15. The van der Waals surface area contributed by atoms with Crippen LogP contribution in [0.1, 0.15) is 5.56 Å². The molecule has 2 rings (SSSR count). The first-order valence-electron chi connectivity index (χ1n) is 5.76. The zero-order valence-corrected chi connectivity index (χ0v) is 12.7. The van der Waals surface area contributed by atoms with E-state index in [1.165, 1.54) is 5.56 Å². The van der Waals surface area contributed by atoms with Crippen LogP contribution < -0.4 is 10.5 Å². The number of likely N-dealkylation sites (N-methyl/N-ethyl adjacent to an activating group) is 1. The van der Waals surface area contributed by atoms with Crippen molar-refractivity contribution < 1.29 is 0 Å². The molecule has 19 heavy (non-hydrogen) atoms. The number of halogens is 2. The first-order chi connectivity index (χ1) is 9.08. The summed E-state index contributed by atoms with van der Waals surface area (Å²) in [5.41, 5.74) is 1.50. The molecule has 0 aliphatic rings. The van der Waals surface area contributed by atoms with Gasteiger partial charge in [0.25, 0.3) is 5.56 Å². The topological polar surface area (TPSA) is 49.0 Å². The number of nitrogens with one attached hydrogen (secondary N) is 1. The van der Waals surface area contributed by atoms with Gasteiger partial charge in [-0.25, -0.2) is 5.10 Å². The van der Waals surface area contributed by atoms with Crippen LogP contribution in [-0.4, -0.2) is 23.8 Å². The molecule has 0 saturated carbocycles. The van der Waals surface area contributed by atoms with Gasteiger partial charge in [0.05, 0.1) is 11.9 Å². The fraction of sp³-hybridized carbons (Fsp3) is 0.231. The van der Waals surface area contributed by atoms with Gasteiger partial charge in [0.2, 0.25) is 0 Å². The van der Waals surface area contributed by atoms with Crippen molar-refractivity contribution in [1.29, 1.82) is 0 Å². The smallest absolute Gasteiger partial charge is 0.285 e. The monoisotopic (exact) mass is 341 g/mol. The Bertz CT molecular complexity index is 612. The van der Waals surface area contributed by atoms with Gasteiger partial charge >= 0.3 is 0 Å². The molecule has 0 amide bonds. The van der Waals surface area contributed by atoms with Crippen LogP contribution in [-0.2, 0) is 6.42 Å². The van der Waals surface area contributed by atoms with E-state index in [0.29, 0.717) is 5.69 Å². The van der Waals surface area contributed by atoms with Crippen LogP contribution in [0.2, 0.25) is 5.02 Å². The van der Waals surface area contributed by atoms with Crippen LogP contribution in [0.3, 0.4) is 0 Å². The highest BCUT2D eigenvalue weighted by Crippen LogP contribution is 2.19. The molecule has 1 aromatic heterocycles. The summed E-state index contributed by atoms with van der Waals surface area (Å²) in [6.07, 6.45) is 2.43. The number of hydrogen-bond donors (Lipinski definition) is 1. The average Bonchev–Trinajstić information content (AvgIpc) is 2.41. The summed E-state index contributed by atoms with van der Waals surface area (Å²) in [5, 5.41) is 6.24. The van der Waals surface area contributed by atoms with Gasteiger partial charge in [0.15, 0.2) is 0 Å². The van der Waals surface area contributed by atoms with Gasteiger partial charge in [0.1, 0.15) is 5.02 Å². The summed E-state index contributed by atoms with van der Waals surface area (Å²) >= 11 is 9.36. The maximum absolute atomic E-state index is 11.4. The molecule has 0 spiro atoms. The predicted octanol–water partition coefficient (Wildman–Crippen LogP) is 2.86. The number of benzene rings is 1. The van der Waals surface area contributed by atoms with Crippen molar-refractivity contribution in [3.63, 3.8) is 0 Å². The standard InChI is InChI=1S/C13H13BrClN3O/c1-18(11-8-16-17-13(19)12(11)15)7-6-9-2-4-10(14)5-3-9/h2-5,8H,6-7H2,1H3,(H,17,19). The molecule has 0 aliphatic heterocycles. The minimum atomic E-state index is -0.366. The normalized spacial score (nSPS) is 10.5. The summed E-state index contributed by atoms with van der Waals surface area (Å²) in [7, 11) is 1.89. The van der Waals surface area contributed by atoms with Crippen LogP contribution in [0.4, 0.5) is 5.69 Å². The Morgan fingerprint density at radius 2 is 2.05 bits per heavy atom. The van der Waals surface area contributed by atoms with Gasteiger partial charge in [-0.05, 0) is 24.1 Å². The molecule has 1 aromatic carbocycles. The van der Waals surface area contributed by atoms with Crippen LogP contribution in [0.25, 0.3) is 0 Å². The fourth-order valence-electron chi connectivity index (χ4n) is 1.71. The summed E-state index contributed by atoms with van der Waals surface area (Å²) in [4.78, 5) is 13.3. The van der Waals surface area contributed by atoms with E-state index in [1.807, 2.05) is 24.1 Å². The van der Waals surface area contributed by atoms with Crippen molar-refractivity contribution in [3.8, 4) is 0 Å². The Labute approximate surface area is 124 Å². The molecular formula is C13H13BrClN3O. The molecular weight excluding hydrogens is 330 g/mol. The molecule has 0 saturated heterocycles. The number of aromatic nitrogens is 2. The summed E-state index contributed by atoms with van der Waals surface area (Å²) in [5.74, 6) is 0. The van der Waals surface area contributed by atoms with E-state index in [-0.39, 0.29) is 10.6 Å². The molecule has 1 heterocycles. The Kier molecular flexibility index (Phi) is 4.61. The summed E-state index contributed by atoms with van der Waals surface area (Å²) in [6.45, 7) is 0.756. The largest absolute Gasteiger partial charge is 0.372 e. The van der Waals surface area contributed by atoms with Gasteiger partial charge < -0.3 is 4.90 Å². The SMILES string of the molecule is CN(CCc1ccc(Br)cc1)c1cn[nH]c(=O)c1Cl. The van der Waals surface area contributed by atoms with E-state index in [0.717, 1.165) is 17.4 Å². The first kappa shape index (κ1) is 14.1. The van der Waals surface area contributed by atoms with E-state index in [2.05, 4.69) is 38.3 Å². The fourth-order valence-corrected chi connectivity index (χ4v) is 2.21. The van der Waals surface area contributed by atoms with E-state index < -0.39 is 0 Å². The predicted molar refractivity (Wildman–Crippen MR) is 81.0 cm³/mol. The van der Waals surface area contributed by atoms with Crippen LogP contribution in [0.5, 0.6) is 0 Å². The van der Waals surface area contributed by atoms with Crippen LogP contribution >= 0.6 is 27.5 Å². The van der Waals surface area contributed by atoms with Gasteiger partial charge in [-0.2, -0.15) is 5.10 Å². The van der Waals surface area contributed by atoms with Crippen LogP contribution in [0, 0.1) is 0 Å². The third kappa shape index (κ3) is 3.58. The average molecular weight is 343 g/mol. The van der Waals surface area contributed by atoms with E-state index in [1.54, 1.807) is 6.20 Å². The molecule has 4 nitrogen and oxygen atoms in total. The maximum Gasteiger partial charge on any atom is 0.285 e. The number of rotatable bonds is 4. The van der Waals surface area contributed by atoms with Crippen molar-refractivity contribution in [1.82, 2.24) is 10.2 Å². The first-order valence-corrected chi connectivity index (χ1v) is 6.94. The molecule has 6 heteroatoms. The highest BCUT2D eigenvalue weighted by molar-refractivity contribution is 9.10. The Morgan fingerprint density at radius 3 is 2.74 bits per heavy atom. The number of H-pyrrole nitrogens is 1. The molecule has 2 aromatic rings. The molecule has 100 valence electrons. The minimum Gasteiger partial charge on any atom is -0.372 e. The molecule has 0 fully saturated rings. The van der Waals surface area contributed by atoms with Gasteiger partial charge in [-0.15, -0.1) is 0 Å². The third-order valence-electron chi connectivity index (χ3n) is 2.84. The number of aromatic amines is 1. The quantitative estimate of drug-likeness (QED) is 0.929. The highest BCUT2D eigenvalue weighted by Gasteiger charge is 2.09. The molecule has 0 bridgehead atoms. The highest BCUT2D eigenvalue weighted by atomic mass is 79.9. The van der Waals surface area contributed by atoms with Crippen molar-refractivity contribution in [2.45, 2.75) is 6.42 Å². The minimum absolute atomic E-state index is 0.174. The number of anilines is 1. The molecule has 0 unspecified atom stereocenters. The lowest BCUT2D eigenvalue weighted by Gasteiger charge is -2.19. The van der Waals surface area contributed by atoms with E-state index in [9.17, 15) is 4.79 Å². The Morgan fingerprint density at radius 1 is 1.37 bits per heavy atom. The zero-order valence-electron chi connectivity index (χ0n) is 10.4. The molecule has 1 N–H and O–H groups in total. The van der Waals surface area contributed by atoms with Gasteiger partial charge in [0, 0.05) is 18.1 Å². The summed E-state index contributed by atoms with van der Waals surface area (Å²) < 4.78 is 1.06. The maximum atomic E-state index is 11.4. The lowest BCUT2D eigenvalue weighted by molar-refractivity contribution is 0.861. The molecule has 0 radical (unpaired) electrons. The number of nitrogens with zero attached hydrogens (tertiary/aromatic N) is 2. The van der Waals surface area contributed by atoms with Crippen molar-refractivity contribution in [3.05, 3.63) is 55.9 Å². The van der Waals surface area contributed by atoms with Crippen molar-refractivity contribution in [2.75, 3.05) is 18.5 Å². The second-order valence-corrected chi connectivity index (χ2v) is 5.49. The third-order valence-corrected chi connectivity index (χ3v) is 3.73. The van der Waals surface area contributed by atoms with Gasteiger partial charge in [-0.3, -0.25) is 4.79 Å². The molecule has 0 aliphatic carbocycles. The number of hydrogen-bond acceptors (Lipinski definition) is 3. The lowest BCUT2D eigenvalue weighted by atomic mass is 10.1. The van der Waals surface area contributed by atoms with E-state index in [4.69, 9.17) is 11.6 Å². The van der Waals surface area contributed by atoms with Crippen LogP contribution in [0.15, 0.2) is 39.7 Å². The molecule has 0 atom stereocenters. The zero-order chi connectivity index (χ0) is 13.8. The van der Waals surface area contributed by atoms with Crippen molar-refractivity contribution in [2.24, 2.45) is 0 Å². The second-order valence-electron chi connectivity index (χ2n) is 4.20. The Balaban J connectivity index is 2.05. The second kappa shape index (κ2) is 6.21. The lowest BCUT2D eigenvalue weighted by Crippen LogP contribution is -2.23.